The van der Waals surface area contributed by atoms with E-state index in [0.29, 0.717) is 24.7 Å². The molecule has 0 N–H and O–H groups in total. The minimum absolute atomic E-state index is 0.195. The van der Waals surface area contributed by atoms with Gasteiger partial charge in [0.2, 0.25) is 5.89 Å². The number of aromatic nitrogens is 1. The highest BCUT2D eigenvalue weighted by molar-refractivity contribution is 5.78. The Balaban J connectivity index is 1.34. The molecule has 0 radical (unpaired) electrons. The molecule has 1 saturated carbocycles. The molecular formula is C31H38N2O7. The predicted molar refractivity (Wildman–Crippen MR) is 149 cm³/mol. The molecular weight excluding hydrogens is 512 g/mol. The van der Waals surface area contributed by atoms with Gasteiger partial charge in [0.15, 0.2) is 0 Å². The van der Waals surface area contributed by atoms with E-state index in [-0.39, 0.29) is 18.8 Å². The van der Waals surface area contributed by atoms with E-state index in [1.165, 1.54) is 12.0 Å². The Labute approximate surface area is 235 Å². The molecule has 9 heteroatoms. The molecule has 3 aromatic rings. The average Bonchev–Trinajstić information content (AvgIpc) is 3.36. The van der Waals surface area contributed by atoms with Crippen LogP contribution in [0.1, 0.15) is 55.7 Å². The molecule has 0 bridgehead atoms. The van der Waals surface area contributed by atoms with Crippen LogP contribution in [0, 0.1) is 6.92 Å². The third-order valence-corrected chi connectivity index (χ3v) is 7.33. The Kier molecular flexibility index (Phi) is 10.2. The lowest BCUT2D eigenvalue weighted by atomic mass is 9.95. The lowest BCUT2D eigenvalue weighted by Gasteiger charge is -2.32. The molecule has 1 amide bonds. The standard InChI is InChI=1S/C31H38N2O7/c1-21(33(20-29(34)37-4)31(35)40-27-16-14-25(36-3)15-17-27)23-10-12-26(13-11-23)38-19-18-28-22(2)39-30(32-28)24-8-6-5-7-9-24/h5-13,21,25,27H,14-20H2,1-4H3. The maximum absolute atomic E-state index is 13.1. The van der Waals surface area contributed by atoms with Gasteiger partial charge in [0.05, 0.1) is 31.6 Å². The van der Waals surface area contributed by atoms with Crippen molar-refractivity contribution >= 4 is 12.1 Å². The number of methoxy groups -OCH3 is 2. The maximum Gasteiger partial charge on any atom is 0.411 e. The highest BCUT2D eigenvalue weighted by Gasteiger charge is 2.30. The van der Waals surface area contributed by atoms with Crippen molar-refractivity contribution in [1.29, 1.82) is 0 Å². The molecule has 9 nitrogen and oxygen atoms in total. The van der Waals surface area contributed by atoms with Gasteiger partial charge in [-0.1, -0.05) is 30.3 Å². The zero-order valence-electron chi connectivity index (χ0n) is 23.6. The Bertz CT molecular complexity index is 1230. The van der Waals surface area contributed by atoms with E-state index >= 15 is 0 Å². The number of oxazole rings is 1. The van der Waals surface area contributed by atoms with Gasteiger partial charge in [-0.3, -0.25) is 9.69 Å². The van der Waals surface area contributed by atoms with Crippen molar-refractivity contribution in [1.82, 2.24) is 9.88 Å². The van der Waals surface area contributed by atoms with Crippen LogP contribution in [0.3, 0.4) is 0 Å². The summed E-state index contributed by atoms with van der Waals surface area (Å²) >= 11 is 0. The van der Waals surface area contributed by atoms with Crippen molar-refractivity contribution in [3.05, 3.63) is 71.6 Å². The Morgan fingerprint density at radius 1 is 1.00 bits per heavy atom. The van der Waals surface area contributed by atoms with E-state index in [0.717, 1.165) is 48.3 Å². The summed E-state index contributed by atoms with van der Waals surface area (Å²) in [4.78, 5) is 31.3. The van der Waals surface area contributed by atoms with Gasteiger partial charge >= 0.3 is 12.1 Å². The number of aryl methyl sites for hydroxylation is 1. The van der Waals surface area contributed by atoms with Crippen molar-refractivity contribution < 1.29 is 33.0 Å². The molecule has 2 aromatic carbocycles. The zero-order chi connectivity index (χ0) is 28.5. The SMILES string of the molecule is COC(=O)CN(C(=O)OC1CCC(OC)CC1)C(C)c1ccc(OCCc2nc(-c3ccccc3)oc2C)cc1. The molecule has 214 valence electrons. The molecule has 1 aliphatic carbocycles. The fraction of sp³-hybridized carbons (Fsp3) is 0.452. The molecule has 1 heterocycles. The van der Waals surface area contributed by atoms with Gasteiger partial charge in [-0.2, -0.15) is 0 Å². The van der Waals surface area contributed by atoms with Crippen LogP contribution < -0.4 is 4.74 Å². The lowest BCUT2D eigenvalue weighted by Crippen LogP contribution is -2.41. The second kappa shape index (κ2) is 14.0. The Hall–Kier alpha value is -3.85. The van der Waals surface area contributed by atoms with Crippen molar-refractivity contribution in [2.75, 3.05) is 27.4 Å². The summed E-state index contributed by atoms with van der Waals surface area (Å²) in [5.41, 5.74) is 2.64. The summed E-state index contributed by atoms with van der Waals surface area (Å²) in [5, 5.41) is 0. The van der Waals surface area contributed by atoms with E-state index in [2.05, 4.69) is 4.98 Å². The van der Waals surface area contributed by atoms with Crippen molar-refractivity contribution in [3.63, 3.8) is 0 Å². The third kappa shape index (κ3) is 7.63. The van der Waals surface area contributed by atoms with Gasteiger partial charge in [0, 0.05) is 19.1 Å². The van der Waals surface area contributed by atoms with Crippen molar-refractivity contribution in [3.8, 4) is 17.2 Å². The molecule has 1 aliphatic rings. The van der Waals surface area contributed by atoms with Crippen molar-refractivity contribution in [2.45, 2.75) is 64.2 Å². The number of hydrogen-bond donors (Lipinski definition) is 0. The molecule has 40 heavy (non-hydrogen) atoms. The smallest absolute Gasteiger partial charge is 0.411 e. The van der Waals surface area contributed by atoms with Gasteiger partial charge in [0.25, 0.3) is 0 Å². The second-order valence-electron chi connectivity index (χ2n) is 9.95. The van der Waals surface area contributed by atoms with Crippen molar-refractivity contribution in [2.24, 2.45) is 0 Å². The molecule has 4 rings (SSSR count). The van der Waals surface area contributed by atoms with Gasteiger partial charge < -0.3 is 23.4 Å². The quantitative estimate of drug-likeness (QED) is 0.272. The van der Waals surface area contributed by atoms with Crippen LogP contribution in [0.15, 0.2) is 59.0 Å². The number of hydrogen-bond acceptors (Lipinski definition) is 8. The monoisotopic (exact) mass is 550 g/mol. The van der Waals surface area contributed by atoms with Crippen LogP contribution in [0.5, 0.6) is 5.75 Å². The van der Waals surface area contributed by atoms with E-state index < -0.39 is 18.1 Å². The fourth-order valence-electron chi connectivity index (χ4n) is 4.81. The second-order valence-corrected chi connectivity index (χ2v) is 9.95. The highest BCUT2D eigenvalue weighted by Crippen LogP contribution is 2.28. The van der Waals surface area contributed by atoms with Crippen LogP contribution in [0.4, 0.5) is 4.79 Å². The molecule has 1 atom stereocenters. The minimum Gasteiger partial charge on any atom is -0.493 e. The summed E-state index contributed by atoms with van der Waals surface area (Å²) in [6.45, 7) is 3.99. The number of rotatable bonds is 11. The minimum atomic E-state index is -0.531. The van der Waals surface area contributed by atoms with Crippen LogP contribution in [-0.4, -0.2) is 61.5 Å². The molecule has 0 spiro atoms. The molecule has 0 aliphatic heterocycles. The first-order valence-electron chi connectivity index (χ1n) is 13.7. The van der Waals surface area contributed by atoms with E-state index in [4.69, 9.17) is 23.4 Å². The number of carbonyl (C=O) groups excluding carboxylic acids is 2. The number of amides is 1. The molecule has 1 aromatic heterocycles. The predicted octanol–water partition coefficient (Wildman–Crippen LogP) is 5.90. The number of ether oxygens (including phenoxy) is 4. The lowest BCUT2D eigenvalue weighted by molar-refractivity contribution is -0.142. The van der Waals surface area contributed by atoms with Gasteiger partial charge in [-0.15, -0.1) is 0 Å². The van der Waals surface area contributed by atoms with Gasteiger partial charge in [-0.05, 0) is 69.4 Å². The molecule has 1 fully saturated rings. The van der Waals surface area contributed by atoms with Crippen LogP contribution in [0.25, 0.3) is 11.5 Å². The number of esters is 1. The summed E-state index contributed by atoms with van der Waals surface area (Å²) in [7, 11) is 3.00. The summed E-state index contributed by atoms with van der Waals surface area (Å²) in [6.07, 6.45) is 3.23. The molecule has 1 unspecified atom stereocenters. The maximum atomic E-state index is 13.1. The van der Waals surface area contributed by atoms with E-state index in [1.807, 2.05) is 68.4 Å². The third-order valence-electron chi connectivity index (χ3n) is 7.33. The number of nitrogens with zero attached hydrogens (tertiary/aromatic N) is 2. The Morgan fingerprint density at radius 3 is 2.33 bits per heavy atom. The number of carbonyl (C=O) groups is 2. The highest BCUT2D eigenvalue weighted by atomic mass is 16.6. The topological polar surface area (TPSA) is 100 Å². The van der Waals surface area contributed by atoms with Crippen LogP contribution >= 0.6 is 0 Å². The summed E-state index contributed by atoms with van der Waals surface area (Å²) in [6, 6.07) is 16.9. The van der Waals surface area contributed by atoms with Crippen LogP contribution in [0.2, 0.25) is 0 Å². The first-order valence-corrected chi connectivity index (χ1v) is 13.7. The Morgan fingerprint density at radius 2 is 1.68 bits per heavy atom. The van der Waals surface area contributed by atoms with Gasteiger partial charge in [-0.25, -0.2) is 9.78 Å². The number of benzene rings is 2. The van der Waals surface area contributed by atoms with Gasteiger partial charge in [0.1, 0.15) is 24.2 Å². The van der Waals surface area contributed by atoms with E-state index in [9.17, 15) is 9.59 Å². The van der Waals surface area contributed by atoms with Crippen LogP contribution in [-0.2, 0) is 25.4 Å². The normalized spacial score (nSPS) is 17.6. The average molecular weight is 551 g/mol. The zero-order valence-corrected chi connectivity index (χ0v) is 23.6. The van der Waals surface area contributed by atoms with E-state index in [1.54, 1.807) is 7.11 Å². The largest absolute Gasteiger partial charge is 0.493 e. The fourth-order valence-corrected chi connectivity index (χ4v) is 4.81. The summed E-state index contributed by atoms with van der Waals surface area (Å²) in [5.74, 6) is 1.56. The molecule has 0 saturated heterocycles. The first-order chi connectivity index (χ1) is 19.4. The summed E-state index contributed by atoms with van der Waals surface area (Å²) < 4.78 is 27.8. The first kappa shape index (κ1) is 29.1.